The number of rotatable bonds is 8. The minimum absolute atomic E-state index is 0.321. The molecular formula is C23H35N3O2. The van der Waals surface area contributed by atoms with Gasteiger partial charge in [-0.25, -0.2) is 0 Å². The van der Waals surface area contributed by atoms with Crippen molar-refractivity contribution in [3.8, 4) is 5.75 Å². The Kier molecular flexibility index (Phi) is 6.40. The Bertz CT molecular complexity index is 657. The third-order valence-corrected chi connectivity index (χ3v) is 7.07. The lowest BCUT2D eigenvalue weighted by Crippen LogP contribution is -2.46. The van der Waals surface area contributed by atoms with Gasteiger partial charge >= 0.3 is 0 Å². The van der Waals surface area contributed by atoms with Crippen LogP contribution in [0.4, 0.5) is 5.69 Å². The number of nitrogens with zero attached hydrogens (tertiary/aromatic N) is 2. The van der Waals surface area contributed by atoms with Crippen LogP contribution < -0.4 is 15.0 Å². The maximum Gasteiger partial charge on any atom is 0.223 e. The molecule has 0 spiro atoms. The van der Waals surface area contributed by atoms with Crippen molar-refractivity contribution in [1.82, 2.24) is 10.2 Å². The molecule has 3 fully saturated rings. The fourth-order valence-corrected chi connectivity index (χ4v) is 5.47. The highest BCUT2D eigenvalue weighted by Crippen LogP contribution is 2.48. The molecule has 1 aromatic rings. The van der Waals surface area contributed by atoms with Gasteiger partial charge in [-0.2, -0.15) is 0 Å². The Morgan fingerprint density at radius 3 is 2.64 bits per heavy atom. The molecule has 1 aromatic carbocycles. The highest BCUT2D eigenvalue weighted by molar-refractivity contribution is 5.79. The molecule has 28 heavy (non-hydrogen) atoms. The molecule has 5 nitrogen and oxygen atoms in total. The van der Waals surface area contributed by atoms with Crippen molar-refractivity contribution in [1.29, 1.82) is 0 Å². The van der Waals surface area contributed by atoms with E-state index in [-0.39, 0.29) is 0 Å². The summed E-state index contributed by atoms with van der Waals surface area (Å²) in [6.45, 7) is 6.24. The maximum absolute atomic E-state index is 12.4. The number of anilines is 1. The van der Waals surface area contributed by atoms with Crippen molar-refractivity contribution < 1.29 is 9.53 Å². The summed E-state index contributed by atoms with van der Waals surface area (Å²) in [4.78, 5) is 17.4. The smallest absolute Gasteiger partial charge is 0.223 e. The van der Waals surface area contributed by atoms with Crippen LogP contribution in [-0.2, 0) is 4.79 Å². The molecule has 4 rings (SSSR count). The zero-order chi connectivity index (χ0) is 19.3. The fourth-order valence-electron chi connectivity index (χ4n) is 5.47. The van der Waals surface area contributed by atoms with Gasteiger partial charge in [-0.3, -0.25) is 9.69 Å². The van der Waals surface area contributed by atoms with Crippen LogP contribution in [0.3, 0.4) is 0 Å². The second-order valence-electron chi connectivity index (χ2n) is 8.78. The summed E-state index contributed by atoms with van der Waals surface area (Å²) >= 11 is 0. The summed E-state index contributed by atoms with van der Waals surface area (Å²) in [5, 5.41) is 3.21. The second kappa shape index (κ2) is 9.17. The van der Waals surface area contributed by atoms with Crippen LogP contribution in [0.25, 0.3) is 0 Å². The van der Waals surface area contributed by atoms with Crippen LogP contribution in [0.5, 0.6) is 5.75 Å². The highest BCUT2D eigenvalue weighted by Gasteiger charge is 2.42. The molecule has 154 valence electrons. The molecule has 1 N–H and O–H groups in total. The molecule has 2 aliphatic carbocycles. The van der Waals surface area contributed by atoms with Gasteiger partial charge in [0.1, 0.15) is 5.75 Å². The molecule has 1 unspecified atom stereocenters. The van der Waals surface area contributed by atoms with Crippen molar-refractivity contribution in [2.75, 3.05) is 51.3 Å². The number of ether oxygens (including phenoxy) is 1. The standard InChI is InChI=1S/C23H35N3O2/c1-28-22-7-3-2-6-21(22)26-14-12-25(13-15-26)11-5-4-10-24-23(27)20-17-18-8-9-19(20)16-18/h2-3,6-7,18-20H,4-5,8-17H2,1H3,(H,24,27)/t18-,19+,20?/m0/s1. The molecule has 2 bridgehead atoms. The molecule has 1 heterocycles. The van der Waals surface area contributed by atoms with E-state index < -0.39 is 0 Å². The van der Waals surface area contributed by atoms with E-state index in [1.807, 2.05) is 12.1 Å². The number of para-hydroxylation sites is 2. The van der Waals surface area contributed by atoms with Crippen molar-refractivity contribution in [3.05, 3.63) is 24.3 Å². The molecule has 1 aliphatic heterocycles. The average molecular weight is 386 g/mol. The van der Waals surface area contributed by atoms with Gasteiger partial charge in [-0.15, -0.1) is 0 Å². The van der Waals surface area contributed by atoms with E-state index in [0.717, 1.165) is 70.2 Å². The number of benzene rings is 1. The summed E-state index contributed by atoms with van der Waals surface area (Å²) in [7, 11) is 1.74. The number of hydrogen-bond donors (Lipinski definition) is 1. The van der Waals surface area contributed by atoms with E-state index in [0.29, 0.717) is 17.7 Å². The Morgan fingerprint density at radius 2 is 1.93 bits per heavy atom. The topological polar surface area (TPSA) is 44.8 Å². The van der Waals surface area contributed by atoms with Crippen molar-refractivity contribution in [3.63, 3.8) is 0 Å². The van der Waals surface area contributed by atoms with E-state index in [4.69, 9.17) is 4.74 Å². The SMILES string of the molecule is COc1ccccc1N1CCN(CCCCNC(=O)C2C[C@H]3CC[C@@H]2C3)CC1. The first kappa shape index (κ1) is 19.6. The van der Waals surface area contributed by atoms with Crippen LogP contribution in [0.1, 0.15) is 38.5 Å². The van der Waals surface area contributed by atoms with Gasteiger partial charge in [-0.05, 0) is 62.6 Å². The number of unbranched alkanes of at least 4 members (excludes halogenated alkanes) is 1. The predicted octanol–water partition coefficient (Wildman–Crippen LogP) is 3.15. The number of amides is 1. The third-order valence-electron chi connectivity index (χ3n) is 7.07. The van der Waals surface area contributed by atoms with Crippen LogP contribution in [0.15, 0.2) is 24.3 Å². The molecule has 1 amide bonds. The summed E-state index contributed by atoms with van der Waals surface area (Å²) in [5.74, 6) is 3.14. The minimum atomic E-state index is 0.321. The molecular weight excluding hydrogens is 350 g/mol. The van der Waals surface area contributed by atoms with Gasteiger partial charge in [0.15, 0.2) is 0 Å². The summed E-state index contributed by atoms with van der Waals surface area (Å²) < 4.78 is 5.50. The maximum atomic E-state index is 12.4. The quantitative estimate of drug-likeness (QED) is 0.698. The van der Waals surface area contributed by atoms with E-state index in [1.54, 1.807) is 7.11 Å². The molecule has 5 heteroatoms. The van der Waals surface area contributed by atoms with Gasteiger partial charge in [-0.1, -0.05) is 18.6 Å². The van der Waals surface area contributed by atoms with E-state index in [9.17, 15) is 4.79 Å². The van der Waals surface area contributed by atoms with E-state index in [1.165, 1.54) is 24.9 Å². The number of nitrogens with one attached hydrogen (secondary N) is 1. The monoisotopic (exact) mass is 385 g/mol. The predicted molar refractivity (Wildman–Crippen MR) is 113 cm³/mol. The number of carbonyl (C=O) groups excluding carboxylic acids is 1. The number of methoxy groups -OCH3 is 1. The first-order valence-corrected chi connectivity index (χ1v) is 11.1. The summed E-state index contributed by atoms with van der Waals surface area (Å²) in [6.07, 6.45) is 7.33. The van der Waals surface area contributed by atoms with Crippen molar-refractivity contribution in [2.45, 2.75) is 38.5 Å². The normalized spacial score (nSPS) is 27.2. The zero-order valence-electron chi connectivity index (χ0n) is 17.2. The fraction of sp³-hybridized carbons (Fsp3) is 0.696. The highest BCUT2D eigenvalue weighted by atomic mass is 16.5. The first-order valence-electron chi connectivity index (χ1n) is 11.1. The zero-order valence-corrected chi connectivity index (χ0v) is 17.2. The second-order valence-corrected chi connectivity index (χ2v) is 8.78. The average Bonchev–Trinajstić information content (AvgIpc) is 3.37. The Morgan fingerprint density at radius 1 is 1.11 bits per heavy atom. The van der Waals surface area contributed by atoms with Crippen molar-refractivity contribution in [2.24, 2.45) is 17.8 Å². The Labute approximate surface area is 169 Å². The van der Waals surface area contributed by atoms with Crippen LogP contribution >= 0.6 is 0 Å². The number of fused-ring (bicyclic) bond motifs is 2. The molecule has 1 saturated heterocycles. The molecule has 2 saturated carbocycles. The molecule has 0 aromatic heterocycles. The van der Waals surface area contributed by atoms with Gasteiger partial charge < -0.3 is 15.0 Å². The lowest BCUT2D eigenvalue weighted by Gasteiger charge is -2.36. The molecule has 0 radical (unpaired) electrons. The molecule has 3 aliphatic rings. The van der Waals surface area contributed by atoms with Crippen LogP contribution in [0.2, 0.25) is 0 Å². The number of piperazine rings is 1. The van der Waals surface area contributed by atoms with E-state index in [2.05, 4.69) is 27.2 Å². The number of carbonyl (C=O) groups is 1. The summed E-state index contributed by atoms with van der Waals surface area (Å²) in [6, 6.07) is 8.28. The largest absolute Gasteiger partial charge is 0.495 e. The van der Waals surface area contributed by atoms with E-state index >= 15 is 0 Å². The third kappa shape index (κ3) is 4.45. The van der Waals surface area contributed by atoms with Crippen LogP contribution in [0, 0.1) is 17.8 Å². The van der Waals surface area contributed by atoms with Crippen LogP contribution in [-0.4, -0.2) is 57.2 Å². The number of hydrogen-bond acceptors (Lipinski definition) is 4. The first-order chi connectivity index (χ1) is 13.7. The summed E-state index contributed by atoms with van der Waals surface area (Å²) in [5.41, 5.74) is 1.20. The van der Waals surface area contributed by atoms with Gasteiger partial charge in [0.25, 0.3) is 0 Å². The molecule has 3 atom stereocenters. The Hall–Kier alpha value is -1.75. The van der Waals surface area contributed by atoms with Gasteiger partial charge in [0.2, 0.25) is 5.91 Å². The van der Waals surface area contributed by atoms with Gasteiger partial charge in [0, 0.05) is 38.6 Å². The lowest BCUT2D eigenvalue weighted by atomic mass is 9.88. The lowest BCUT2D eigenvalue weighted by molar-refractivity contribution is -0.126. The Balaban J connectivity index is 1.10. The van der Waals surface area contributed by atoms with Crippen molar-refractivity contribution >= 4 is 11.6 Å². The van der Waals surface area contributed by atoms with Gasteiger partial charge in [0.05, 0.1) is 12.8 Å². The minimum Gasteiger partial charge on any atom is -0.495 e.